The van der Waals surface area contributed by atoms with Crippen LogP contribution in [-0.4, -0.2) is 6.04 Å². The van der Waals surface area contributed by atoms with E-state index in [2.05, 4.69) is 66.3 Å². The van der Waals surface area contributed by atoms with Crippen molar-refractivity contribution in [3.8, 4) is 0 Å². The van der Waals surface area contributed by atoms with Crippen LogP contribution in [0.5, 0.6) is 0 Å². The molecule has 1 aliphatic carbocycles. The predicted octanol–water partition coefficient (Wildman–Crippen LogP) is 4.92. The molecule has 0 saturated heterocycles. The van der Waals surface area contributed by atoms with Crippen molar-refractivity contribution in [3.63, 3.8) is 0 Å². The summed E-state index contributed by atoms with van der Waals surface area (Å²) in [5.74, 6) is 1.72. The summed E-state index contributed by atoms with van der Waals surface area (Å²) in [5, 5.41) is 3.82. The maximum atomic E-state index is 3.82. The van der Waals surface area contributed by atoms with E-state index in [0.29, 0.717) is 12.1 Å². The molecule has 100 valence electrons. The Hall–Kier alpha value is -0.340. The van der Waals surface area contributed by atoms with Gasteiger partial charge in [0.05, 0.1) is 0 Å². The van der Waals surface area contributed by atoms with Crippen LogP contribution in [0.3, 0.4) is 0 Å². The Bertz CT molecular complexity index is 390. The van der Waals surface area contributed by atoms with Gasteiger partial charge in [-0.2, -0.15) is 0 Å². The summed E-state index contributed by atoms with van der Waals surface area (Å²) in [6.07, 6.45) is 4.04. The number of hydrogen-bond donors (Lipinski definition) is 1. The van der Waals surface area contributed by atoms with E-state index in [0.717, 1.165) is 11.8 Å². The Kier molecular flexibility index (Phi) is 4.85. The van der Waals surface area contributed by atoms with Crippen LogP contribution in [0.25, 0.3) is 0 Å². The standard InChI is InChI=1S/C16H24BrN/c1-4-13-9-10-16(11(13)2)18-12(3)14-7-5-6-8-15(14)17/h5-8,11-13,16,18H,4,9-10H2,1-3H3. The van der Waals surface area contributed by atoms with Gasteiger partial charge in [0.15, 0.2) is 0 Å². The Balaban J connectivity index is 2.00. The maximum absolute atomic E-state index is 3.82. The highest BCUT2D eigenvalue weighted by Crippen LogP contribution is 2.35. The maximum Gasteiger partial charge on any atom is 0.0305 e. The van der Waals surface area contributed by atoms with Crippen molar-refractivity contribution >= 4 is 15.9 Å². The zero-order valence-corrected chi connectivity index (χ0v) is 13.2. The molecule has 1 fully saturated rings. The van der Waals surface area contributed by atoms with Crippen LogP contribution in [0, 0.1) is 11.8 Å². The fraction of sp³-hybridized carbons (Fsp3) is 0.625. The third kappa shape index (κ3) is 2.97. The van der Waals surface area contributed by atoms with Crippen LogP contribution in [-0.2, 0) is 0 Å². The zero-order valence-electron chi connectivity index (χ0n) is 11.6. The highest BCUT2D eigenvalue weighted by Gasteiger charge is 2.32. The molecule has 1 aromatic rings. The molecule has 18 heavy (non-hydrogen) atoms. The minimum absolute atomic E-state index is 0.420. The van der Waals surface area contributed by atoms with Crippen LogP contribution >= 0.6 is 15.9 Å². The third-order valence-corrected chi connectivity index (χ3v) is 5.31. The SMILES string of the molecule is CCC1CCC(NC(C)c2ccccc2Br)C1C. The smallest absolute Gasteiger partial charge is 0.0305 e. The lowest BCUT2D eigenvalue weighted by Crippen LogP contribution is -2.34. The van der Waals surface area contributed by atoms with Crippen LogP contribution in [0.2, 0.25) is 0 Å². The number of nitrogens with one attached hydrogen (secondary N) is 1. The van der Waals surface area contributed by atoms with E-state index >= 15 is 0 Å². The van der Waals surface area contributed by atoms with Gasteiger partial charge in [-0.15, -0.1) is 0 Å². The molecule has 1 saturated carbocycles. The highest BCUT2D eigenvalue weighted by molar-refractivity contribution is 9.10. The fourth-order valence-corrected chi connectivity index (χ4v) is 3.92. The minimum Gasteiger partial charge on any atom is -0.307 e. The van der Waals surface area contributed by atoms with E-state index in [1.807, 2.05) is 0 Å². The van der Waals surface area contributed by atoms with Gasteiger partial charge in [0.1, 0.15) is 0 Å². The first kappa shape index (κ1) is 14.1. The van der Waals surface area contributed by atoms with Crippen LogP contribution in [0.4, 0.5) is 0 Å². The molecule has 0 aromatic heterocycles. The molecular formula is C16H24BrN. The molecule has 2 rings (SSSR count). The molecule has 0 heterocycles. The van der Waals surface area contributed by atoms with Gasteiger partial charge >= 0.3 is 0 Å². The van der Waals surface area contributed by atoms with Gasteiger partial charge in [0.2, 0.25) is 0 Å². The van der Waals surface area contributed by atoms with Crippen molar-refractivity contribution in [2.75, 3.05) is 0 Å². The molecule has 1 nitrogen and oxygen atoms in total. The largest absolute Gasteiger partial charge is 0.307 e. The summed E-state index contributed by atoms with van der Waals surface area (Å²) < 4.78 is 1.21. The summed E-state index contributed by atoms with van der Waals surface area (Å²) >= 11 is 3.65. The van der Waals surface area contributed by atoms with Crippen LogP contribution < -0.4 is 5.32 Å². The molecule has 1 N–H and O–H groups in total. The monoisotopic (exact) mass is 309 g/mol. The van der Waals surface area contributed by atoms with E-state index in [1.54, 1.807) is 0 Å². The number of rotatable bonds is 4. The lowest BCUT2D eigenvalue weighted by atomic mass is 9.93. The van der Waals surface area contributed by atoms with E-state index in [4.69, 9.17) is 0 Å². The lowest BCUT2D eigenvalue weighted by Gasteiger charge is -2.25. The number of benzene rings is 1. The van der Waals surface area contributed by atoms with E-state index < -0.39 is 0 Å². The van der Waals surface area contributed by atoms with Gasteiger partial charge in [-0.1, -0.05) is 54.4 Å². The molecule has 0 radical (unpaired) electrons. The summed E-state index contributed by atoms with van der Waals surface area (Å²) in [6, 6.07) is 9.62. The molecule has 0 spiro atoms. The van der Waals surface area contributed by atoms with E-state index in [-0.39, 0.29) is 0 Å². The van der Waals surface area contributed by atoms with Gasteiger partial charge in [0, 0.05) is 16.6 Å². The van der Waals surface area contributed by atoms with E-state index in [1.165, 1.54) is 29.3 Å². The molecule has 0 bridgehead atoms. The third-order valence-electron chi connectivity index (χ3n) is 4.59. The van der Waals surface area contributed by atoms with Crippen molar-refractivity contribution in [1.82, 2.24) is 5.32 Å². The number of halogens is 1. The average Bonchev–Trinajstić information content (AvgIpc) is 2.71. The molecule has 4 unspecified atom stereocenters. The molecule has 2 heteroatoms. The first-order chi connectivity index (χ1) is 8.63. The lowest BCUT2D eigenvalue weighted by molar-refractivity contribution is 0.327. The average molecular weight is 310 g/mol. The van der Waals surface area contributed by atoms with Gasteiger partial charge < -0.3 is 5.32 Å². The van der Waals surface area contributed by atoms with Crippen LogP contribution in [0.1, 0.15) is 51.6 Å². The van der Waals surface area contributed by atoms with Gasteiger partial charge in [-0.25, -0.2) is 0 Å². The highest BCUT2D eigenvalue weighted by atomic mass is 79.9. The predicted molar refractivity (Wildman–Crippen MR) is 81.7 cm³/mol. The van der Waals surface area contributed by atoms with Crippen molar-refractivity contribution in [1.29, 1.82) is 0 Å². The van der Waals surface area contributed by atoms with Crippen molar-refractivity contribution in [3.05, 3.63) is 34.3 Å². The van der Waals surface area contributed by atoms with Gasteiger partial charge in [0.25, 0.3) is 0 Å². The number of hydrogen-bond acceptors (Lipinski definition) is 1. The molecular weight excluding hydrogens is 286 g/mol. The fourth-order valence-electron chi connectivity index (χ4n) is 3.30. The molecule has 4 atom stereocenters. The molecule has 0 amide bonds. The van der Waals surface area contributed by atoms with E-state index in [9.17, 15) is 0 Å². The zero-order chi connectivity index (χ0) is 13.1. The Labute approximate surface area is 119 Å². The second-order valence-corrected chi connectivity index (χ2v) is 6.48. The minimum atomic E-state index is 0.420. The molecule has 1 aliphatic rings. The summed E-state index contributed by atoms with van der Waals surface area (Å²) in [7, 11) is 0. The van der Waals surface area contributed by atoms with Crippen molar-refractivity contribution in [2.24, 2.45) is 11.8 Å². The quantitative estimate of drug-likeness (QED) is 0.832. The summed E-state index contributed by atoms with van der Waals surface area (Å²) in [4.78, 5) is 0. The van der Waals surface area contributed by atoms with Gasteiger partial charge in [-0.3, -0.25) is 0 Å². The summed E-state index contributed by atoms with van der Waals surface area (Å²) in [6.45, 7) is 7.00. The Morgan fingerprint density at radius 1 is 1.33 bits per heavy atom. The van der Waals surface area contributed by atoms with Crippen molar-refractivity contribution in [2.45, 2.75) is 52.1 Å². The van der Waals surface area contributed by atoms with Crippen molar-refractivity contribution < 1.29 is 0 Å². The Morgan fingerprint density at radius 2 is 2.06 bits per heavy atom. The molecule has 1 aromatic carbocycles. The van der Waals surface area contributed by atoms with Gasteiger partial charge in [-0.05, 0) is 43.2 Å². The Morgan fingerprint density at radius 3 is 2.67 bits per heavy atom. The summed E-state index contributed by atoms with van der Waals surface area (Å²) in [5.41, 5.74) is 1.37. The van der Waals surface area contributed by atoms with Crippen LogP contribution in [0.15, 0.2) is 28.7 Å². The second kappa shape index (κ2) is 6.21. The second-order valence-electron chi connectivity index (χ2n) is 5.62. The normalized spacial score (nSPS) is 29.4. The first-order valence-corrected chi connectivity index (χ1v) is 7.93. The first-order valence-electron chi connectivity index (χ1n) is 7.14. The molecule has 0 aliphatic heterocycles. The topological polar surface area (TPSA) is 12.0 Å².